The molecule has 0 radical (unpaired) electrons. The molecule has 0 aliphatic carbocycles. The molecule has 1 atom stereocenters. The van der Waals surface area contributed by atoms with Crippen molar-refractivity contribution in [2.24, 2.45) is 0 Å². The Balaban J connectivity index is 3.27. The summed E-state index contributed by atoms with van der Waals surface area (Å²) in [6.07, 6.45) is 1.82. The van der Waals surface area contributed by atoms with Gasteiger partial charge in [-0.1, -0.05) is 13.8 Å². The van der Waals surface area contributed by atoms with Crippen molar-refractivity contribution in [3.05, 3.63) is 16.0 Å². The second kappa shape index (κ2) is 7.90. The molecule has 1 aromatic rings. The van der Waals surface area contributed by atoms with Crippen LogP contribution in [-0.4, -0.2) is 30.7 Å². The van der Waals surface area contributed by atoms with Gasteiger partial charge in [-0.05, 0) is 35.7 Å². The lowest BCUT2D eigenvalue weighted by Crippen LogP contribution is -2.27. The van der Waals surface area contributed by atoms with Crippen LogP contribution >= 0.6 is 15.9 Å². The zero-order valence-corrected chi connectivity index (χ0v) is 14.5. The lowest BCUT2D eigenvalue weighted by Gasteiger charge is -2.26. The van der Waals surface area contributed by atoms with Crippen LogP contribution in [0.4, 0.5) is 5.82 Å². The lowest BCUT2D eigenvalue weighted by atomic mass is 10.0. The number of nitrogens with zero attached hydrogens (tertiary/aromatic N) is 2. The van der Waals surface area contributed by atoms with Crippen molar-refractivity contribution in [1.82, 2.24) is 9.97 Å². The predicted octanol–water partition coefficient (Wildman–Crippen LogP) is 3.48. The standard InChI is InChI=1S/C14H24BrN3O2/c1-6-8-16-12-11(15)10(9-19-4)17-13(18-12)14(3,7-2)20-5/h6-9H2,1-5H3,(H,16,17,18). The van der Waals surface area contributed by atoms with Gasteiger partial charge in [0.05, 0.1) is 16.8 Å². The van der Waals surface area contributed by atoms with Crippen molar-refractivity contribution in [2.45, 2.75) is 45.8 Å². The first kappa shape index (κ1) is 17.3. The molecular weight excluding hydrogens is 322 g/mol. The Bertz CT molecular complexity index is 437. The normalized spacial score (nSPS) is 14.1. The van der Waals surface area contributed by atoms with Gasteiger partial charge in [-0.25, -0.2) is 9.97 Å². The van der Waals surface area contributed by atoms with Crippen molar-refractivity contribution >= 4 is 21.7 Å². The molecule has 0 spiro atoms. The zero-order chi connectivity index (χ0) is 15.2. The zero-order valence-electron chi connectivity index (χ0n) is 12.9. The molecule has 0 saturated carbocycles. The molecule has 0 aliphatic rings. The van der Waals surface area contributed by atoms with E-state index >= 15 is 0 Å². The van der Waals surface area contributed by atoms with Crippen LogP contribution in [0.2, 0.25) is 0 Å². The smallest absolute Gasteiger partial charge is 0.162 e. The highest BCUT2D eigenvalue weighted by molar-refractivity contribution is 9.10. The average molecular weight is 346 g/mol. The molecule has 1 N–H and O–H groups in total. The molecule has 0 saturated heterocycles. The highest BCUT2D eigenvalue weighted by Crippen LogP contribution is 2.31. The number of methoxy groups -OCH3 is 2. The van der Waals surface area contributed by atoms with Gasteiger partial charge in [0.15, 0.2) is 5.82 Å². The fourth-order valence-electron chi connectivity index (χ4n) is 1.72. The summed E-state index contributed by atoms with van der Waals surface area (Å²) >= 11 is 3.55. The fourth-order valence-corrected chi connectivity index (χ4v) is 2.15. The third-order valence-corrected chi connectivity index (χ3v) is 4.17. The maximum absolute atomic E-state index is 5.60. The molecule has 1 unspecified atom stereocenters. The van der Waals surface area contributed by atoms with E-state index in [1.165, 1.54) is 0 Å². The van der Waals surface area contributed by atoms with E-state index in [0.29, 0.717) is 12.4 Å². The van der Waals surface area contributed by atoms with Gasteiger partial charge in [-0.3, -0.25) is 0 Å². The third-order valence-electron chi connectivity index (χ3n) is 3.34. The Labute approximate surface area is 129 Å². The quantitative estimate of drug-likeness (QED) is 0.781. The summed E-state index contributed by atoms with van der Waals surface area (Å²) in [4.78, 5) is 9.21. The second-order valence-electron chi connectivity index (χ2n) is 4.80. The molecule has 114 valence electrons. The molecular formula is C14H24BrN3O2. The van der Waals surface area contributed by atoms with Crippen LogP contribution in [0.15, 0.2) is 4.47 Å². The van der Waals surface area contributed by atoms with Crippen molar-refractivity contribution in [3.63, 3.8) is 0 Å². The van der Waals surface area contributed by atoms with E-state index in [-0.39, 0.29) is 0 Å². The maximum atomic E-state index is 5.60. The monoisotopic (exact) mass is 345 g/mol. The SMILES string of the molecule is CCCNc1nc(C(C)(CC)OC)nc(COC)c1Br. The number of ether oxygens (including phenoxy) is 2. The molecule has 1 rings (SSSR count). The first-order chi connectivity index (χ1) is 9.52. The van der Waals surface area contributed by atoms with E-state index in [2.05, 4.69) is 45.1 Å². The minimum atomic E-state index is -0.494. The summed E-state index contributed by atoms with van der Waals surface area (Å²) in [5.41, 5.74) is 0.332. The summed E-state index contributed by atoms with van der Waals surface area (Å²) in [5.74, 6) is 1.47. The third kappa shape index (κ3) is 3.90. The molecule has 0 amide bonds. The van der Waals surface area contributed by atoms with Gasteiger partial charge >= 0.3 is 0 Å². The number of rotatable bonds is 8. The molecule has 0 bridgehead atoms. The molecule has 20 heavy (non-hydrogen) atoms. The Morgan fingerprint density at radius 3 is 2.45 bits per heavy atom. The Hall–Kier alpha value is -0.720. The lowest BCUT2D eigenvalue weighted by molar-refractivity contribution is -0.00932. The van der Waals surface area contributed by atoms with E-state index < -0.39 is 5.60 Å². The summed E-state index contributed by atoms with van der Waals surface area (Å²) in [7, 11) is 3.34. The van der Waals surface area contributed by atoms with Gasteiger partial charge in [0.25, 0.3) is 0 Å². The predicted molar refractivity (Wildman–Crippen MR) is 83.9 cm³/mol. The summed E-state index contributed by atoms with van der Waals surface area (Å²) in [6.45, 7) is 7.46. The van der Waals surface area contributed by atoms with Crippen molar-refractivity contribution in [3.8, 4) is 0 Å². The maximum Gasteiger partial charge on any atom is 0.162 e. The largest absolute Gasteiger partial charge is 0.378 e. The number of aromatic nitrogens is 2. The van der Waals surface area contributed by atoms with Crippen LogP contribution in [-0.2, 0) is 21.7 Å². The van der Waals surface area contributed by atoms with Gasteiger partial charge in [0.2, 0.25) is 0 Å². The molecule has 6 heteroatoms. The summed E-state index contributed by atoms with van der Waals surface area (Å²) in [5, 5.41) is 3.31. The summed E-state index contributed by atoms with van der Waals surface area (Å²) < 4.78 is 11.7. The van der Waals surface area contributed by atoms with Gasteiger partial charge < -0.3 is 14.8 Å². The molecule has 5 nitrogen and oxygen atoms in total. The molecule has 0 aliphatic heterocycles. The van der Waals surface area contributed by atoms with Gasteiger partial charge in [-0.2, -0.15) is 0 Å². The van der Waals surface area contributed by atoms with E-state index in [1.54, 1.807) is 14.2 Å². The van der Waals surface area contributed by atoms with E-state index in [0.717, 1.165) is 35.4 Å². The van der Waals surface area contributed by atoms with Crippen molar-refractivity contribution in [2.75, 3.05) is 26.1 Å². The Morgan fingerprint density at radius 2 is 1.95 bits per heavy atom. The van der Waals surface area contributed by atoms with Crippen molar-refractivity contribution < 1.29 is 9.47 Å². The van der Waals surface area contributed by atoms with Crippen LogP contribution in [0.3, 0.4) is 0 Å². The second-order valence-corrected chi connectivity index (χ2v) is 5.60. The fraction of sp³-hybridized carbons (Fsp3) is 0.714. The molecule has 0 fully saturated rings. The number of hydrogen-bond donors (Lipinski definition) is 1. The first-order valence-electron chi connectivity index (χ1n) is 6.87. The molecule has 1 aromatic heterocycles. The number of nitrogens with one attached hydrogen (secondary N) is 1. The number of anilines is 1. The van der Waals surface area contributed by atoms with E-state index in [1.807, 2.05) is 6.92 Å². The highest BCUT2D eigenvalue weighted by atomic mass is 79.9. The number of halogens is 1. The Kier molecular flexibility index (Phi) is 6.85. The van der Waals surface area contributed by atoms with Crippen LogP contribution < -0.4 is 5.32 Å². The first-order valence-corrected chi connectivity index (χ1v) is 7.66. The van der Waals surface area contributed by atoms with Crippen LogP contribution in [0.1, 0.15) is 45.1 Å². The van der Waals surface area contributed by atoms with E-state index in [9.17, 15) is 0 Å². The minimum absolute atomic E-state index is 0.431. The summed E-state index contributed by atoms with van der Waals surface area (Å²) in [6, 6.07) is 0. The molecule has 1 heterocycles. The number of hydrogen-bond acceptors (Lipinski definition) is 5. The molecule has 0 aromatic carbocycles. The van der Waals surface area contributed by atoms with Crippen LogP contribution in [0.25, 0.3) is 0 Å². The van der Waals surface area contributed by atoms with Gasteiger partial charge in [-0.15, -0.1) is 0 Å². The van der Waals surface area contributed by atoms with Gasteiger partial charge in [0, 0.05) is 20.8 Å². The average Bonchev–Trinajstić information content (AvgIpc) is 2.47. The highest BCUT2D eigenvalue weighted by Gasteiger charge is 2.29. The van der Waals surface area contributed by atoms with Crippen LogP contribution in [0, 0.1) is 0 Å². The van der Waals surface area contributed by atoms with Crippen molar-refractivity contribution in [1.29, 1.82) is 0 Å². The topological polar surface area (TPSA) is 56.3 Å². The Morgan fingerprint density at radius 1 is 1.25 bits per heavy atom. The van der Waals surface area contributed by atoms with Gasteiger partial charge in [0.1, 0.15) is 11.4 Å². The van der Waals surface area contributed by atoms with E-state index in [4.69, 9.17) is 9.47 Å². The van der Waals surface area contributed by atoms with Crippen LogP contribution in [0.5, 0.6) is 0 Å². The minimum Gasteiger partial charge on any atom is -0.378 e.